The highest BCUT2D eigenvalue weighted by molar-refractivity contribution is 14.1. The lowest BCUT2D eigenvalue weighted by Gasteiger charge is -2.12. The maximum Gasteiger partial charge on any atom is 0.257 e. The molecule has 0 unspecified atom stereocenters. The molecule has 0 aromatic heterocycles. The highest BCUT2D eigenvalue weighted by Gasteiger charge is 2.10. The number of carbonyl (C=O) groups excluding carboxylic acids is 2. The number of benzene rings is 2. The number of amides is 2. The van der Waals surface area contributed by atoms with Crippen molar-refractivity contribution in [1.29, 1.82) is 0 Å². The minimum atomic E-state index is -0.400. The molecule has 4 N–H and O–H groups in total. The second-order valence-electron chi connectivity index (χ2n) is 5.00. The number of hydrogen-bond donors (Lipinski definition) is 4. The van der Waals surface area contributed by atoms with Crippen molar-refractivity contribution in [2.45, 2.75) is 6.54 Å². The molecule has 0 saturated heterocycles. The first kappa shape index (κ1) is 19.1. The number of halogens is 1. The van der Waals surface area contributed by atoms with Crippen molar-refractivity contribution in [3.05, 3.63) is 69.3 Å². The molecule has 8 heteroatoms. The molecule has 0 aliphatic heterocycles. The molecule has 0 fully saturated rings. The van der Waals surface area contributed by atoms with Crippen LogP contribution in [0.5, 0.6) is 0 Å². The Morgan fingerprint density at radius 3 is 2.32 bits per heavy atom. The number of carbonyl (C=O) groups is 2. The van der Waals surface area contributed by atoms with E-state index in [0.717, 1.165) is 9.13 Å². The third-order valence-corrected chi connectivity index (χ3v) is 4.33. The number of thiocarbonyl (C=S) groups is 1. The summed E-state index contributed by atoms with van der Waals surface area (Å²) in [5, 5.41) is 5.82. The molecule has 2 aromatic carbocycles. The van der Waals surface area contributed by atoms with Gasteiger partial charge in [-0.15, -0.1) is 0 Å². The summed E-state index contributed by atoms with van der Waals surface area (Å²) in [7, 11) is 0. The van der Waals surface area contributed by atoms with E-state index in [4.69, 9.17) is 12.2 Å². The van der Waals surface area contributed by atoms with Crippen molar-refractivity contribution >= 4 is 51.7 Å². The Morgan fingerprint density at radius 2 is 1.60 bits per heavy atom. The van der Waals surface area contributed by atoms with Crippen LogP contribution >= 0.6 is 34.8 Å². The number of hydrogen-bond acceptors (Lipinski definition) is 3. The lowest BCUT2D eigenvalue weighted by molar-refractivity contribution is -0.120. The van der Waals surface area contributed by atoms with Crippen LogP contribution in [-0.4, -0.2) is 23.5 Å². The molecule has 2 aromatic rings. The van der Waals surface area contributed by atoms with Crippen molar-refractivity contribution in [1.82, 2.24) is 21.5 Å². The maximum atomic E-state index is 12.0. The quantitative estimate of drug-likeness (QED) is 0.305. The first-order chi connectivity index (χ1) is 12.1. The van der Waals surface area contributed by atoms with Crippen LogP contribution in [-0.2, 0) is 11.3 Å². The van der Waals surface area contributed by atoms with Gasteiger partial charge < -0.3 is 10.6 Å². The van der Waals surface area contributed by atoms with Crippen molar-refractivity contribution in [3.8, 4) is 0 Å². The Morgan fingerprint density at radius 1 is 0.920 bits per heavy atom. The Bertz CT molecular complexity index is 755. The van der Waals surface area contributed by atoms with Crippen LogP contribution in [0.25, 0.3) is 0 Å². The summed E-state index contributed by atoms with van der Waals surface area (Å²) in [5.74, 6) is -0.701. The van der Waals surface area contributed by atoms with Gasteiger partial charge in [-0.3, -0.25) is 20.4 Å². The van der Waals surface area contributed by atoms with Gasteiger partial charge in [0.05, 0.1) is 12.1 Å². The Balaban J connectivity index is 1.67. The van der Waals surface area contributed by atoms with E-state index in [9.17, 15) is 9.59 Å². The van der Waals surface area contributed by atoms with Crippen LogP contribution in [0.4, 0.5) is 0 Å². The highest BCUT2D eigenvalue weighted by Crippen LogP contribution is 2.10. The van der Waals surface area contributed by atoms with Crippen LogP contribution < -0.4 is 21.5 Å². The molecule has 2 amide bonds. The van der Waals surface area contributed by atoms with E-state index in [1.165, 1.54) is 0 Å². The normalized spacial score (nSPS) is 9.80. The van der Waals surface area contributed by atoms with Gasteiger partial charge in [-0.25, -0.2) is 0 Å². The molecule has 2 rings (SSSR count). The van der Waals surface area contributed by atoms with E-state index < -0.39 is 5.91 Å². The fourth-order valence-corrected chi connectivity index (χ4v) is 2.65. The summed E-state index contributed by atoms with van der Waals surface area (Å²) in [6.45, 7) is 0.393. The summed E-state index contributed by atoms with van der Waals surface area (Å²) in [6.07, 6.45) is 0. The van der Waals surface area contributed by atoms with E-state index in [2.05, 4.69) is 44.1 Å². The molecule has 0 heterocycles. The van der Waals surface area contributed by atoms with Crippen molar-refractivity contribution in [2.24, 2.45) is 0 Å². The highest BCUT2D eigenvalue weighted by atomic mass is 127. The van der Waals surface area contributed by atoms with Crippen LogP contribution in [0, 0.1) is 3.57 Å². The van der Waals surface area contributed by atoms with Gasteiger partial charge in [-0.1, -0.05) is 42.5 Å². The zero-order chi connectivity index (χ0) is 18.1. The standard InChI is InChI=1S/C17H17IN4O2S/c18-14-9-5-4-8-13(14)16(24)19-11-15(23)21-22-17(25)20-10-12-6-2-1-3-7-12/h1-9H,10-11H2,(H,19,24)(H,21,23)(H2,20,22,25). The molecule has 130 valence electrons. The lowest BCUT2D eigenvalue weighted by Crippen LogP contribution is -2.49. The fraction of sp³-hybridized carbons (Fsp3) is 0.118. The second-order valence-corrected chi connectivity index (χ2v) is 6.57. The topological polar surface area (TPSA) is 82.3 Å². The van der Waals surface area contributed by atoms with Gasteiger partial charge in [-0.2, -0.15) is 0 Å². The Hall–Kier alpha value is -2.20. The molecule has 0 radical (unpaired) electrons. The summed E-state index contributed by atoms with van der Waals surface area (Å²) >= 11 is 7.15. The van der Waals surface area contributed by atoms with Gasteiger partial charge in [0.2, 0.25) is 0 Å². The maximum absolute atomic E-state index is 12.0. The Labute approximate surface area is 164 Å². The smallest absolute Gasteiger partial charge is 0.257 e. The van der Waals surface area contributed by atoms with E-state index in [1.54, 1.807) is 12.1 Å². The average Bonchev–Trinajstić information content (AvgIpc) is 2.64. The van der Waals surface area contributed by atoms with Gasteiger partial charge >= 0.3 is 0 Å². The van der Waals surface area contributed by atoms with Crippen LogP contribution in [0.15, 0.2) is 54.6 Å². The average molecular weight is 468 g/mol. The number of nitrogens with one attached hydrogen (secondary N) is 4. The van der Waals surface area contributed by atoms with Crippen molar-refractivity contribution in [3.63, 3.8) is 0 Å². The van der Waals surface area contributed by atoms with Crippen molar-refractivity contribution in [2.75, 3.05) is 6.54 Å². The lowest BCUT2D eigenvalue weighted by atomic mass is 10.2. The van der Waals surface area contributed by atoms with Gasteiger partial charge in [0.1, 0.15) is 0 Å². The molecule has 0 bridgehead atoms. The summed E-state index contributed by atoms with van der Waals surface area (Å²) in [4.78, 5) is 23.8. The second kappa shape index (κ2) is 9.94. The molecule has 0 aliphatic rings. The van der Waals surface area contributed by atoms with E-state index >= 15 is 0 Å². The van der Waals surface area contributed by atoms with Gasteiger partial charge in [0, 0.05) is 10.1 Å². The largest absolute Gasteiger partial charge is 0.357 e. The fourth-order valence-electron chi connectivity index (χ4n) is 1.89. The minimum Gasteiger partial charge on any atom is -0.357 e. The summed E-state index contributed by atoms with van der Waals surface area (Å²) in [6, 6.07) is 16.9. The predicted octanol–water partition coefficient (Wildman–Crippen LogP) is 1.72. The molecular weight excluding hydrogens is 451 g/mol. The molecule has 6 nitrogen and oxygen atoms in total. The molecule has 0 aliphatic carbocycles. The first-order valence-electron chi connectivity index (χ1n) is 7.45. The molecular formula is C17H17IN4O2S. The van der Waals surface area contributed by atoms with E-state index in [-0.39, 0.29) is 12.5 Å². The first-order valence-corrected chi connectivity index (χ1v) is 8.94. The van der Waals surface area contributed by atoms with E-state index in [1.807, 2.05) is 42.5 Å². The van der Waals surface area contributed by atoms with Crippen LogP contribution in [0.3, 0.4) is 0 Å². The number of rotatable bonds is 5. The molecule has 0 atom stereocenters. The number of hydrazine groups is 1. The molecule has 0 saturated carbocycles. The van der Waals surface area contributed by atoms with E-state index in [0.29, 0.717) is 17.2 Å². The van der Waals surface area contributed by atoms with Crippen molar-refractivity contribution < 1.29 is 9.59 Å². The summed E-state index contributed by atoms with van der Waals surface area (Å²) < 4.78 is 0.822. The third-order valence-electron chi connectivity index (χ3n) is 3.14. The predicted molar refractivity (Wildman–Crippen MR) is 109 cm³/mol. The van der Waals surface area contributed by atoms with Gasteiger partial charge in [0.15, 0.2) is 5.11 Å². The Kier molecular flexibility index (Phi) is 7.61. The third kappa shape index (κ3) is 6.67. The van der Waals surface area contributed by atoms with Gasteiger partial charge in [0.25, 0.3) is 11.8 Å². The zero-order valence-electron chi connectivity index (χ0n) is 13.2. The SMILES string of the molecule is O=C(CNC(=O)c1ccccc1I)NNC(=S)NCc1ccccc1. The van der Waals surface area contributed by atoms with Crippen LogP contribution in [0.2, 0.25) is 0 Å². The van der Waals surface area contributed by atoms with Gasteiger partial charge in [-0.05, 0) is 52.5 Å². The minimum absolute atomic E-state index is 0.155. The monoisotopic (exact) mass is 468 g/mol. The summed E-state index contributed by atoms with van der Waals surface area (Å²) in [5.41, 5.74) is 6.63. The zero-order valence-corrected chi connectivity index (χ0v) is 16.2. The van der Waals surface area contributed by atoms with Crippen LogP contribution in [0.1, 0.15) is 15.9 Å². The molecule has 25 heavy (non-hydrogen) atoms. The molecule has 0 spiro atoms.